The summed E-state index contributed by atoms with van der Waals surface area (Å²) < 4.78 is 12.4. The number of piperidine rings is 3. The van der Waals surface area contributed by atoms with Gasteiger partial charge in [-0.25, -0.2) is 9.78 Å². The number of carbonyl (C=O) groups is 2. The summed E-state index contributed by atoms with van der Waals surface area (Å²) in [5.41, 5.74) is 2.36. The van der Waals surface area contributed by atoms with Crippen LogP contribution in [0.2, 0.25) is 0 Å². The predicted octanol–water partition coefficient (Wildman–Crippen LogP) is 4.48. The van der Waals surface area contributed by atoms with Crippen molar-refractivity contribution in [3.8, 4) is 0 Å². The summed E-state index contributed by atoms with van der Waals surface area (Å²) in [6, 6.07) is 18.8. The molecular weight excluding hydrogens is 442 g/mol. The van der Waals surface area contributed by atoms with Crippen molar-refractivity contribution < 1.29 is 23.2 Å². The van der Waals surface area contributed by atoms with Crippen molar-refractivity contribution in [2.75, 3.05) is 31.5 Å². The molecule has 182 valence electrons. The zero-order valence-corrected chi connectivity index (χ0v) is 20.3. The van der Waals surface area contributed by atoms with Crippen LogP contribution in [0, 0.1) is 19.8 Å². The number of Topliss-reactive ketones (excluding diaryl/α,β-unsaturated/α-hetero) is 1. The van der Waals surface area contributed by atoms with Crippen LogP contribution in [0.1, 0.15) is 46.6 Å². The van der Waals surface area contributed by atoms with Gasteiger partial charge in [-0.3, -0.25) is 4.79 Å². The number of quaternary nitrogens is 1. The first-order chi connectivity index (χ1) is 16.9. The second-order valence-electron chi connectivity index (χ2n) is 9.87. The third-order valence-corrected chi connectivity index (χ3v) is 7.40. The summed E-state index contributed by atoms with van der Waals surface area (Å²) >= 11 is 0. The fourth-order valence-corrected chi connectivity index (χ4v) is 5.59. The molecule has 7 heteroatoms. The number of benzene rings is 2. The van der Waals surface area contributed by atoms with Crippen molar-refractivity contribution in [1.82, 2.24) is 4.98 Å². The number of nitrogens with one attached hydrogen (secondary N) is 1. The summed E-state index contributed by atoms with van der Waals surface area (Å²) in [6.07, 6.45) is 1.68. The van der Waals surface area contributed by atoms with Crippen molar-refractivity contribution in [1.29, 1.82) is 0 Å². The third-order valence-electron chi connectivity index (χ3n) is 7.40. The maximum absolute atomic E-state index is 13.5. The highest BCUT2D eigenvalue weighted by Crippen LogP contribution is 2.37. The van der Waals surface area contributed by atoms with Gasteiger partial charge in [-0.2, -0.15) is 0 Å². The number of ketones is 1. The number of esters is 1. The topological polar surface area (TPSA) is 81.4 Å². The molecule has 3 aliphatic rings. The van der Waals surface area contributed by atoms with Crippen LogP contribution < -0.4 is 5.32 Å². The molecule has 0 saturated carbocycles. The van der Waals surface area contributed by atoms with Crippen LogP contribution in [0.5, 0.6) is 0 Å². The predicted molar refractivity (Wildman–Crippen MR) is 132 cm³/mol. The Bertz CT molecular complexity index is 1180. The van der Waals surface area contributed by atoms with Gasteiger partial charge in [-0.1, -0.05) is 48.5 Å². The van der Waals surface area contributed by atoms with Gasteiger partial charge in [0.2, 0.25) is 0 Å². The summed E-state index contributed by atoms with van der Waals surface area (Å²) in [6.45, 7) is 6.40. The van der Waals surface area contributed by atoms with E-state index in [1.54, 1.807) is 13.8 Å². The van der Waals surface area contributed by atoms with Crippen LogP contribution in [0.25, 0.3) is 0 Å². The normalized spacial score (nSPS) is 24.1. The van der Waals surface area contributed by atoms with Crippen molar-refractivity contribution in [3.63, 3.8) is 0 Å². The van der Waals surface area contributed by atoms with Crippen molar-refractivity contribution in [2.45, 2.75) is 38.8 Å². The molecule has 0 radical (unpaired) electrons. The first-order valence-corrected chi connectivity index (χ1v) is 12.3. The molecule has 0 aliphatic carbocycles. The van der Waals surface area contributed by atoms with Gasteiger partial charge in [0.15, 0.2) is 23.8 Å². The van der Waals surface area contributed by atoms with E-state index in [1.807, 2.05) is 60.7 Å². The van der Waals surface area contributed by atoms with E-state index in [9.17, 15) is 9.59 Å². The SMILES string of the molecule is Cc1nc(C)c(C(=O)C[N+]23CCC(CC2)[C@@H](OC(=O)C(Nc2ccccc2)c2ccccc2)C3)o1. The van der Waals surface area contributed by atoms with Crippen molar-refractivity contribution >= 4 is 17.4 Å². The number of anilines is 1. The smallest absolute Gasteiger partial charge is 0.333 e. The Labute approximate surface area is 205 Å². The number of para-hydroxylation sites is 1. The molecule has 3 fully saturated rings. The molecule has 0 spiro atoms. The molecular formula is C28H32N3O4+. The maximum atomic E-state index is 13.5. The second kappa shape index (κ2) is 9.66. The Morgan fingerprint density at radius 3 is 2.34 bits per heavy atom. The molecule has 7 nitrogen and oxygen atoms in total. The molecule has 1 unspecified atom stereocenters. The van der Waals surface area contributed by atoms with Crippen LogP contribution in [0.15, 0.2) is 65.1 Å². The third kappa shape index (κ3) is 5.00. The van der Waals surface area contributed by atoms with E-state index < -0.39 is 6.04 Å². The Hall–Kier alpha value is -3.45. The molecule has 4 heterocycles. The minimum atomic E-state index is -0.607. The Morgan fingerprint density at radius 2 is 1.71 bits per heavy atom. The number of hydrogen-bond donors (Lipinski definition) is 1. The lowest BCUT2D eigenvalue weighted by Crippen LogP contribution is -2.65. The molecule has 2 atom stereocenters. The Kier molecular flexibility index (Phi) is 6.43. The molecule has 3 aromatic rings. The zero-order valence-electron chi connectivity index (χ0n) is 20.3. The minimum Gasteiger partial charge on any atom is -0.454 e. The lowest BCUT2D eigenvalue weighted by Gasteiger charge is -2.51. The first-order valence-electron chi connectivity index (χ1n) is 12.3. The standard InChI is InChI=1S/C28H32N3O4/c1-19-27(34-20(2)29-19)24(32)17-31-15-13-21(14-16-31)25(18-31)35-28(33)26(22-9-5-3-6-10-22)30-23-11-7-4-8-12-23/h3-12,21,25-26,30H,13-18H2,1-2H3/q+1/t21?,25-,26?,31?/m0/s1. The summed E-state index contributed by atoms with van der Waals surface area (Å²) in [5.74, 6) is 0.878. The molecule has 2 bridgehead atoms. The maximum Gasteiger partial charge on any atom is 0.333 e. The van der Waals surface area contributed by atoms with Gasteiger partial charge in [0.25, 0.3) is 5.78 Å². The highest BCUT2D eigenvalue weighted by molar-refractivity contribution is 5.95. The number of nitrogens with zero attached hydrogens (tertiary/aromatic N) is 2. The van der Waals surface area contributed by atoms with E-state index in [0.29, 0.717) is 40.8 Å². The lowest BCUT2D eigenvalue weighted by atomic mass is 9.83. The molecule has 2 aromatic carbocycles. The van der Waals surface area contributed by atoms with Gasteiger partial charge in [0.05, 0.1) is 18.8 Å². The quantitative estimate of drug-likeness (QED) is 0.295. The van der Waals surface area contributed by atoms with E-state index in [1.165, 1.54) is 0 Å². The molecule has 35 heavy (non-hydrogen) atoms. The number of hydrogen-bond acceptors (Lipinski definition) is 6. The van der Waals surface area contributed by atoms with Gasteiger partial charge in [0.1, 0.15) is 13.1 Å². The largest absolute Gasteiger partial charge is 0.454 e. The van der Waals surface area contributed by atoms with Crippen LogP contribution in [0.3, 0.4) is 0 Å². The Balaban J connectivity index is 1.31. The number of carbonyl (C=O) groups excluding carboxylic acids is 2. The van der Waals surface area contributed by atoms with Crippen LogP contribution in [-0.2, 0) is 9.53 Å². The number of aryl methyl sites for hydroxylation is 2. The molecule has 6 rings (SSSR count). The van der Waals surface area contributed by atoms with Crippen molar-refractivity contribution in [3.05, 3.63) is 83.6 Å². The number of ether oxygens (including phenoxy) is 1. The van der Waals surface area contributed by atoms with E-state index >= 15 is 0 Å². The lowest BCUT2D eigenvalue weighted by molar-refractivity contribution is -0.938. The van der Waals surface area contributed by atoms with Gasteiger partial charge < -0.3 is 19.0 Å². The zero-order chi connectivity index (χ0) is 24.4. The van der Waals surface area contributed by atoms with Gasteiger partial charge in [-0.05, 0) is 24.6 Å². The molecule has 3 aliphatic heterocycles. The number of oxazole rings is 1. The molecule has 3 saturated heterocycles. The van der Waals surface area contributed by atoms with Crippen LogP contribution >= 0.6 is 0 Å². The number of fused-ring (bicyclic) bond motifs is 3. The summed E-state index contributed by atoms with van der Waals surface area (Å²) in [7, 11) is 0. The number of aromatic nitrogens is 1. The van der Waals surface area contributed by atoms with E-state index in [0.717, 1.165) is 37.2 Å². The first kappa shape index (κ1) is 23.3. The summed E-state index contributed by atoms with van der Waals surface area (Å²) in [5, 5.41) is 3.35. The fourth-order valence-electron chi connectivity index (χ4n) is 5.59. The highest BCUT2D eigenvalue weighted by Gasteiger charge is 2.49. The molecule has 0 amide bonds. The Morgan fingerprint density at radius 1 is 1.06 bits per heavy atom. The number of rotatable bonds is 8. The monoisotopic (exact) mass is 474 g/mol. The van der Waals surface area contributed by atoms with Gasteiger partial charge in [0, 0.05) is 31.4 Å². The van der Waals surface area contributed by atoms with Crippen molar-refractivity contribution in [2.24, 2.45) is 5.92 Å². The summed E-state index contributed by atoms with van der Waals surface area (Å²) in [4.78, 5) is 30.8. The average Bonchev–Trinajstić information content (AvgIpc) is 3.22. The van der Waals surface area contributed by atoms with Crippen LogP contribution in [-0.4, -0.2) is 53.5 Å². The fraction of sp³-hybridized carbons (Fsp3) is 0.393. The van der Waals surface area contributed by atoms with E-state index in [-0.39, 0.29) is 17.9 Å². The minimum absolute atomic E-state index is 0.0265. The average molecular weight is 475 g/mol. The van der Waals surface area contributed by atoms with Gasteiger partial charge in [-0.15, -0.1) is 0 Å². The van der Waals surface area contributed by atoms with E-state index in [2.05, 4.69) is 10.3 Å². The van der Waals surface area contributed by atoms with E-state index in [4.69, 9.17) is 9.15 Å². The molecule has 1 N–H and O–H groups in total. The molecule has 1 aromatic heterocycles. The second-order valence-corrected chi connectivity index (χ2v) is 9.87. The van der Waals surface area contributed by atoms with Crippen LogP contribution in [0.4, 0.5) is 5.69 Å². The highest BCUT2D eigenvalue weighted by atomic mass is 16.5. The van der Waals surface area contributed by atoms with Gasteiger partial charge >= 0.3 is 5.97 Å².